The molecular formula is C17H11ClI2N2O3S. The first-order chi connectivity index (χ1) is 12.3. The number of rotatable bonds is 4. The Labute approximate surface area is 187 Å². The minimum atomic E-state index is -1.08. The van der Waals surface area contributed by atoms with Gasteiger partial charge in [-0.05, 0) is 93.3 Å². The Morgan fingerprint density at radius 2 is 1.81 bits per heavy atom. The van der Waals surface area contributed by atoms with E-state index in [-0.39, 0.29) is 10.7 Å². The number of thiocarbonyl (C=S) groups is 1. The van der Waals surface area contributed by atoms with Crippen molar-refractivity contribution in [1.29, 1.82) is 0 Å². The van der Waals surface area contributed by atoms with E-state index in [1.807, 2.05) is 45.2 Å². The zero-order valence-electron chi connectivity index (χ0n) is 12.9. The predicted octanol–water partition coefficient (Wildman–Crippen LogP) is 4.77. The molecule has 2 aromatic rings. The molecule has 3 N–H and O–H groups in total. The number of halogens is 3. The normalized spacial score (nSPS) is 10.6. The van der Waals surface area contributed by atoms with Crippen molar-refractivity contribution in [3.8, 4) is 0 Å². The van der Waals surface area contributed by atoms with Crippen molar-refractivity contribution in [2.75, 3.05) is 5.32 Å². The second-order valence-corrected chi connectivity index (χ2v) is 8.20. The van der Waals surface area contributed by atoms with E-state index < -0.39 is 11.9 Å². The fraction of sp³-hybridized carbons (Fsp3) is 0. The van der Waals surface area contributed by atoms with Crippen LogP contribution in [0, 0.1) is 7.14 Å². The van der Waals surface area contributed by atoms with E-state index in [2.05, 4.69) is 10.6 Å². The Hall–Kier alpha value is -1.24. The van der Waals surface area contributed by atoms with Crippen LogP contribution < -0.4 is 10.6 Å². The zero-order chi connectivity index (χ0) is 19.3. The number of aromatic carboxylic acids is 1. The van der Waals surface area contributed by atoms with Gasteiger partial charge in [-0.15, -0.1) is 0 Å². The molecule has 0 aliphatic heterocycles. The molecule has 0 aliphatic rings. The highest BCUT2D eigenvalue weighted by Gasteiger charge is 2.16. The molecule has 9 heteroatoms. The van der Waals surface area contributed by atoms with E-state index in [0.717, 1.165) is 9.13 Å². The van der Waals surface area contributed by atoms with Gasteiger partial charge in [-0.1, -0.05) is 23.7 Å². The molecule has 2 rings (SSSR count). The van der Waals surface area contributed by atoms with E-state index >= 15 is 0 Å². The number of hydrogen-bond donors (Lipinski definition) is 3. The third kappa shape index (κ3) is 6.18. The number of anilines is 1. The van der Waals surface area contributed by atoms with Gasteiger partial charge >= 0.3 is 5.97 Å². The van der Waals surface area contributed by atoms with E-state index in [0.29, 0.717) is 14.3 Å². The highest BCUT2D eigenvalue weighted by atomic mass is 127. The molecule has 0 atom stereocenters. The average molecular weight is 613 g/mol. The minimum Gasteiger partial charge on any atom is -0.478 e. The molecule has 0 bridgehead atoms. The van der Waals surface area contributed by atoms with E-state index in [9.17, 15) is 14.7 Å². The molecule has 0 saturated carbocycles. The lowest BCUT2D eigenvalue weighted by Gasteiger charge is -2.13. The first-order valence-electron chi connectivity index (χ1n) is 7.04. The maximum Gasteiger partial charge on any atom is 0.337 e. The van der Waals surface area contributed by atoms with E-state index in [4.69, 9.17) is 23.8 Å². The molecule has 26 heavy (non-hydrogen) atoms. The number of nitrogens with one attached hydrogen (secondary N) is 2. The molecule has 0 fully saturated rings. The number of benzene rings is 2. The highest BCUT2D eigenvalue weighted by Crippen LogP contribution is 2.26. The molecule has 2 aromatic carbocycles. The van der Waals surface area contributed by atoms with Crippen molar-refractivity contribution >= 4 is 97.8 Å². The Bertz CT molecular complexity index is 902. The number of carbonyl (C=O) groups is 2. The molecule has 0 heterocycles. The smallest absolute Gasteiger partial charge is 0.337 e. The largest absolute Gasteiger partial charge is 0.478 e. The predicted molar refractivity (Wildman–Crippen MR) is 124 cm³/mol. The number of carboxylic acids is 1. The topological polar surface area (TPSA) is 78.4 Å². The van der Waals surface area contributed by atoms with Crippen LogP contribution in [0.4, 0.5) is 5.69 Å². The quantitative estimate of drug-likeness (QED) is 0.264. The molecule has 0 spiro atoms. The lowest BCUT2D eigenvalue weighted by molar-refractivity contribution is -0.115. The second-order valence-electron chi connectivity index (χ2n) is 4.94. The first kappa shape index (κ1) is 21.1. The summed E-state index contributed by atoms with van der Waals surface area (Å²) in [5.41, 5.74) is 1.23. The fourth-order valence-corrected chi connectivity index (χ4v) is 4.22. The summed E-state index contributed by atoms with van der Waals surface area (Å²) in [5, 5.41) is 15.2. The summed E-state index contributed by atoms with van der Waals surface area (Å²) in [5.74, 6) is -1.52. The van der Waals surface area contributed by atoms with Crippen LogP contribution >= 0.6 is 69.0 Å². The molecule has 0 unspecified atom stereocenters. The Morgan fingerprint density at radius 1 is 1.15 bits per heavy atom. The summed E-state index contributed by atoms with van der Waals surface area (Å²) >= 11 is 15.0. The Kier molecular flexibility index (Phi) is 7.80. The van der Waals surface area contributed by atoms with Crippen LogP contribution in [0.1, 0.15) is 15.9 Å². The maximum atomic E-state index is 12.0. The van der Waals surface area contributed by atoms with Gasteiger partial charge in [-0.25, -0.2) is 4.79 Å². The molecule has 0 radical (unpaired) electrons. The van der Waals surface area contributed by atoms with Crippen molar-refractivity contribution < 1.29 is 14.7 Å². The van der Waals surface area contributed by atoms with Gasteiger partial charge in [0.1, 0.15) is 0 Å². The second kappa shape index (κ2) is 9.62. The Balaban J connectivity index is 2.06. The van der Waals surface area contributed by atoms with E-state index in [1.54, 1.807) is 36.4 Å². The van der Waals surface area contributed by atoms with Crippen LogP contribution in [0.25, 0.3) is 6.08 Å². The van der Waals surface area contributed by atoms with Gasteiger partial charge in [0.05, 0.1) is 11.3 Å². The number of carbonyl (C=O) groups excluding carboxylic acids is 1. The van der Waals surface area contributed by atoms with Crippen LogP contribution in [-0.4, -0.2) is 22.1 Å². The first-order valence-corrected chi connectivity index (χ1v) is 9.98. The molecule has 5 nitrogen and oxygen atoms in total. The minimum absolute atomic E-state index is 0.0115. The molecule has 0 aliphatic carbocycles. The molecular weight excluding hydrogens is 602 g/mol. The van der Waals surface area contributed by atoms with Crippen LogP contribution in [0.3, 0.4) is 0 Å². The Morgan fingerprint density at radius 3 is 2.42 bits per heavy atom. The van der Waals surface area contributed by atoms with Crippen LogP contribution in [-0.2, 0) is 4.79 Å². The maximum absolute atomic E-state index is 12.0. The molecule has 134 valence electrons. The van der Waals surface area contributed by atoms with Crippen molar-refractivity contribution in [2.24, 2.45) is 0 Å². The summed E-state index contributed by atoms with van der Waals surface area (Å²) in [4.78, 5) is 23.4. The molecule has 1 amide bonds. The SMILES string of the molecule is O=C(C=Cc1ccc(Cl)cc1)NC(=S)Nc1c(I)cc(I)cc1C(=O)O. The third-order valence-corrected chi connectivity index (χ3v) is 4.99. The summed E-state index contributed by atoms with van der Waals surface area (Å²) in [6, 6.07) is 10.3. The van der Waals surface area contributed by atoms with Crippen LogP contribution in [0.2, 0.25) is 5.02 Å². The summed E-state index contributed by atoms with van der Waals surface area (Å²) in [7, 11) is 0. The van der Waals surface area contributed by atoms with Crippen molar-refractivity contribution in [3.05, 3.63) is 65.8 Å². The van der Waals surface area contributed by atoms with E-state index in [1.165, 1.54) is 12.1 Å². The van der Waals surface area contributed by atoms with Gasteiger partial charge in [0.15, 0.2) is 5.11 Å². The molecule has 0 aromatic heterocycles. The monoisotopic (exact) mass is 612 g/mol. The van der Waals surface area contributed by atoms with Gasteiger partial charge in [0.25, 0.3) is 0 Å². The number of hydrogen-bond acceptors (Lipinski definition) is 3. The molecule has 0 saturated heterocycles. The van der Waals surface area contributed by atoms with Crippen molar-refractivity contribution in [1.82, 2.24) is 5.32 Å². The van der Waals surface area contributed by atoms with Gasteiger partial charge in [0.2, 0.25) is 5.91 Å². The van der Waals surface area contributed by atoms with Gasteiger partial charge in [0, 0.05) is 18.2 Å². The number of amides is 1. The van der Waals surface area contributed by atoms with Gasteiger partial charge in [-0.3, -0.25) is 10.1 Å². The van der Waals surface area contributed by atoms with Crippen LogP contribution in [0.5, 0.6) is 0 Å². The summed E-state index contributed by atoms with van der Waals surface area (Å²) in [6.45, 7) is 0. The fourth-order valence-electron chi connectivity index (χ4n) is 1.91. The van der Waals surface area contributed by atoms with Crippen molar-refractivity contribution in [2.45, 2.75) is 0 Å². The van der Waals surface area contributed by atoms with Crippen molar-refractivity contribution in [3.63, 3.8) is 0 Å². The lowest BCUT2D eigenvalue weighted by atomic mass is 10.2. The highest BCUT2D eigenvalue weighted by molar-refractivity contribution is 14.1. The third-order valence-electron chi connectivity index (χ3n) is 3.06. The lowest BCUT2D eigenvalue weighted by Crippen LogP contribution is -2.33. The number of carboxylic acid groups (broad SMARTS) is 1. The van der Waals surface area contributed by atoms with Crippen LogP contribution in [0.15, 0.2) is 42.5 Å². The summed E-state index contributed by atoms with van der Waals surface area (Å²) in [6.07, 6.45) is 2.94. The van der Waals surface area contributed by atoms with Gasteiger partial charge in [-0.2, -0.15) is 0 Å². The summed E-state index contributed by atoms with van der Waals surface area (Å²) < 4.78 is 1.47. The average Bonchev–Trinajstić information content (AvgIpc) is 2.56. The van der Waals surface area contributed by atoms with Gasteiger partial charge < -0.3 is 10.4 Å². The standard InChI is InChI=1S/C17H11ClI2N2O3S/c18-10-4-1-9(2-5-10)3-6-14(23)21-17(26)22-15-12(16(24)25)7-11(19)8-13(15)20/h1-8H,(H,24,25)(H2,21,22,23,26). The zero-order valence-corrected chi connectivity index (χ0v) is 18.8.